The number of carbonyl (C=O) groups is 1. The van der Waals surface area contributed by atoms with Gasteiger partial charge in [0.05, 0.1) is 5.60 Å². The number of rotatable bonds is 0. The van der Waals surface area contributed by atoms with Crippen molar-refractivity contribution in [3.8, 4) is 0 Å². The van der Waals surface area contributed by atoms with E-state index in [9.17, 15) is 9.90 Å². The molecule has 17 heavy (non-hydrogen) atoms. The van der Waals surface area contributed by atoms with Gasteiger partial charge in [0.2, 0.25) is 0 Å². The minimum atomic E-state index is -0.626. The first-order valence-electron chi connectivity index (χ1n) is 6.40. The van der Waals surface area contributed by atoms with Crippen LogP contribution in [0.2, 0.25) is 0 Å². The van der Waals surface area contributed by atoms with E-state index in [0.717, 1.165) is 0 Å². The van der Waals surface area contributed by atoms with Gasteiger partial charge in [-0.25, -0.2) is 4.79 Å². The Kier molecular flexibility index (Phi) is 5.96. The molecule has 0 aromatic carbocycles. The zero-order chi connectivity index (χ0) is 13.7. The van der Waals surface area contributed by atoms with Crippen LogP contribution in [0.15, 0.2) is 0 Å². The van der Waals surface area contributed by atoms with Gasteiger partial charge < -0.3 is 14.7 Å². The number of likely N-dealkylation sites (tertiary alicyclic amines) is 1. The van der Waals surface area contributed by atoms with Crippen LogP contribution in [0.25, 0.3) is 0 Å². The van der Waals surface area contributed by atoms with Crippen molar-refractivity contribution in [3.63, 3.8) is 0 Å². The molecule has 0 radical (unpaired) electrons. The van der Waals surface area contributed by atoms with E-state index in [0.29, 0.717) is 25.9 Å². The molecule has 1 amide bonds. The van der Waals surface area contributed by atoms with E-state index >= 15 is 0 Å². The van der Waals surface area contributed by atoms with Crippen LogP contribution < -0.4 is 0 Å². The molecule has 1 saturated heterocycles. The summed E-state index contributed by atoms with van der Waals surface area (Å²) < 4.78 is 5.25. The highest BCUT2D eigenvalue weighted by Crippen LogP contribution is 2.22. The van der Waals surface area contributed by atoms with Crippen molar-refractivity contribution in [1.29, 1.82) is 0 Å². The van der Waals surface area contributed by atoms with E-state index in [1.54, 1.807) is 11.8 Å². The minimum absolute atomic E-state index is 0.280. The fourth-order valence-corrected chi connectivity index (χ4v) is 1.50. The third kappa shape index (κ3) is 6.51. The number of aliphatic hydroxyl groups is 1. The summed E-state index contributed by atoms with van der Waals surface area (Å²) in [7, 11) is 0. The Hall–Kier alpha value is -0.770. The Morgan fingerprint density at radius 1 is 1.24 bits per heavy atom. The Morgan fingerprint density at radius 2 is 1.65 bits per heavy atom. The fourth-order valence-electron chi connectivity index (χ4n) is 1.50. The molecule has 1 N–H and O–H groups in total. The van der Waals surface area contributed by atoms with Gasteiger partial charge in [-0.1, -0.05) is 13.8 Å². The van der Waals surface area contributed by atoms with E-state index in [1.807, 2.05) is 34.6 Å². The Bertz CT molecular complexity index is 234. The van der Waals surface area contributed by atoms with Crippen LogP contribution in [-0.2, 0) is 4.74 Å². The molecule has 4 nitrogen and oxygen atoms in total. The van der Waals surface area contributed by atoms with E-state index in [-0.39, 0.29) is 6.09 Å². The van der Waals surface area contributed by atoms with Crippen molar-refractivity contribution in [2.45, 2.75) is 65.6 Å². The summed E-state index contributed by atoms with van der Waals surface area (Å²) in [5.41, 5.74) is -1.07. The van der Waals surface area contributed by atoms with Crippen LogP contribution in [0, 0.1) is 0 Å². The van der Waals surface area contributed by atoms with Crippen molar-refractivity contribution in [2.75, 3.05) is 13.1 Å². The van der Waals surface area contributed by atoms with Gasteiger partial charge in [0.15, 0.2) is 0 Å². The molecule has 0 aromatic heterocycles. The number of ether oxygens (including phenoxy) is 1. The molecule has 1 aliphatic heterocycles. The van der Waals surface area contributed by atoms with Crippen molar-refractivity contribution < 1.29 is 14.6 Å². The number of hydrogen-bond acceptors (Lipinski definition) is 3. The first-order chi connectivity index (χ1) is 7.70. The monoisotopic (exact) mass is 245 g/mol. The highest BCUT2D eigenvalue weighted by atomic mass is 16.6. The van der Waals surface area contributed by atoms with Gasteiger partial charge in [-0.2, -0.15) is 0 Å². The van der Waals surface area contributed by atoms with Gasteiger partial charge in [-0.15, -0.1) is 0 Å². The molecule has 0 atom stereocenters. The number of carbonyl (C=O) groups excluding carboxylic acids is 1. The second-order valence-corrected chi connectivity index (χ2v) is 5.46. The molecule has 1 heterocycles. The van der Waals surface area contributed by atoms with Crippen LogP contribution in [0.5, 0.6) is 0 Å². The standard InChI is InChI=1S/C11H21NO3.C2H6/c1-10(2,3)15-9(13)12-7-5-11(4,14)6-8-12;1-2/h14H,5-8H2,1-4H3;1-2H3. The maximum absolute atomic E-state index is 11.6. The SMILES string of the molecule is CC.CC1(O)CCN(C(=O)OC(C)(C)C)CC1. The second-order valence-electron chi connectivity index (χ2n) is 5.46. The van der Waals surface area contributed by atoms with Crippen molar-refractivity contribution in [2.24, 2.45) is 0 Å². The molecule has 102 valence electrons. The molecule has 0 spiro atoms. The lowest BCUT2D eigenvalue weighted by Gasteiger charge is -2.36. The minimum Gasteiger partial charge on any atom is -0.444 e. The van der Waals surface area contributed by atoms with E-state index in [4.69, 9.17) is 4.74 Å². The molecule has 1 aliphatic rings. The zero-order valence-corrected chi connectivity index (χ0v) is 12.0. The van der Waals surface area contributed by atoms with Gasteiger partial charge in [0, 0.05) is 13.1 Å². The topological polar surface area (TPSA) is 49.8 Å². The highest BCUT2D eigenvalue weighted by molar-refractivity contribution is 5.68. The van der Waals surface area contributed by atoms with Crippen LogP contribution in [0.4, 0.5) is 4.79 Å². The number of piperidine rings is 1. The Balaban J connectivity index is 0.00000121. The second kappa shape index (κ2) is 6.24. The molecule has 4 heteroatoms. The smallest absolute Gasteiger partial charge is 0.410 e. The predicted octanol–water partition coefficient (Wildman–Crippen LogP) is 2.79. The van der Waals surface area contributed by atoms with Crippen LogP contribution in [-0.4, -0.2) is 40.4 Å². The van der Waals surface area contributed by atoms with E-state index in [2.05, 4.69) is 0 Å². The van der Waals surface area contributed by atoms with E-state index < -0.39 is 11.2 Å². The van der Waals surface area contributed by atoms with Crippen molar-refractivity contribution in [3.05, 3.63) is 0 Å². The van der Waals surface area contributed by atoms with Crippen LogP contribution in [0.1, 0.15) is 54.4 Å². The average molecular weight is 245 g/mol. The van der Waals surface area contributed by atoms with Gasteiger partial charge in [-0.3, -0.25) is 0 Å². The lowest BCUT2D eigenvalue weighted by molar-refractivity contribution is -0.0214. The highest BCUT2D eigenvalue weighted by Gasteiger charge is 2.31. The molecule has 0 unspecified atom stereocenters. The zero-order valence-electron chi connectivity index (χ0n) is 12.0. The largest absolute Gasteiger partial charge is 0.444 e. The maximum atomic E-state index is 11.6. The molecule has 0 aromatic rings. The Morgan fingerprint density at radius 3 is 2.00 bits per heavy atom. The average Bonchev–Trinajstić information content (AvgIpc) is 2.17. The molecule has 0 bridgehead atoms. The van der Waals surface area contributed by atoms with Gasteiger partial charge >= 0.3 is 6.09 Å². The molecular formula is C13H27NO3. The van der Waals surface area contributed by atoms with Crippen molar-refractivity contribution >= 4 is 6.09 Å². The van der Waals surface area contributed by atoms with E-state index in [1.165, 1.54) is 0 Å². The summed E-state index contributed by atoms with van der Waals surface area (Å²) >= 11 is 0. The van der Waals surface area contributed by atoms with Crippen molar-refractivity contribution in [1.82, 2.24) is 4.90 Å². The predicted molar refractivity (Wildman–Crippen MR) is 69.0 cm³/mol. The maximum Gasteiger partial charge on any atom is 0.410 e. The van der Waals surface area contributed by atoms with Gasteiger partial charge in [-0.05, 0) is 40.5 Å². The molecule has 0 aliphatic carbocycles. The summed E-state index contributed by atoms with van der Waals surface area (Å²) in [5.74, 6) is 0. The summed E-state index contributed by atoms with van der Waals surface area (Å²) in [6.07, 6.45) is 0.955. The lowest BCUT2D eigenvalue weighted by atomic mass is 9.94. The molecule has 1 rings (SSSR count). The van der Waals surface area contributed by atoms with Gasteiger partial charge in [0.1, 0.15) is 5.60 Å². The molecule has 0 saturated carbocycles. The quantitative estimate of drug-likeness (QED) is 0.714. The first kappa shape index (κ1) is 16.2. The summed E-state index contributed by atoms with van der Waals surface area (Å²) in [6.45, 7) is 12.5. The summed E-state index contributed by atoms with van der Waals surface area (Å²) in [5, 5.41) is 9.73. The first-order valence-corrected chi connectivity index (χ1v) is 6.40. The molecular weight excluding hydrogens is 218 g/mol. The third-order valence-electron chi connectivity index (χ3n) is 2.49. The fraction of sp³-hybridized carbons (Fsp3) is 0.923. The molecule has 1 fully saturated rings. The normalized spacial score (nSPS) is 19.1. The summed E-state index contributed by atoms with van der Waals surface area (Å²) in [4.78, 5) is 13.3. The Labute approximate surface area is 105 Å². The number of amides is 1. The van der Waals surface area contributed by atoms with Gasteiger partial charge in [0.25, 0.3) is 0 Å². The lowest BCUT2D eigenvalue weighted by Crippen LogP contribution is -2.46. The van der Waals surface area contributed by atoms with Crippen LogP contribution >= 0.6 is 0 Å². The number of hydrogen-bond donors (Lipinski definition) is 1. The summed E-state index contributed by atoms with van der Waals surface area (Å²) in [6, 6.07) is 0. The van der Waals surface area contributed by atoms with Crippen LogP contribution in [0.3, 0.4) is 0 Å². The third-order valence-corrected chi connectivity index (χ3v) is 2.49. The number of nitrogens with zero attached hydrogens (tertiary/aromatic N) is 1.